The summed E-state index contributed by atoms with van der Waals surface area (Å²) in [4.78, 5) is -3.52. The number of aliphatic hydroxyl groups is 1. The second-order valence-electron chi connectivity index (χ2n) is 3.93. The van der Waals surface area contributed by atoms with Crippen molar-refractivity contribution in [1.82, 2.24) is 0 Å². The second kappa shape index (κ2) is 5.19. The molecule has 0 aliphatic heterocycles. The molecule has 13 heteroatoms. The van der Waals surface area contributed by atoms with Gasteiger partial charge < -0.3 is 10.8 Å². The molecule has 1 atom stereocenters. The van der Waals surface area contributed by atoms with Gasteiger partial charge >= 0.3 is 0 Å². The van der Waals surface area contributed by atoms with E-state index in [1.807, 2.05) is 0 Å². The van der Waals surface area contributed by atoms with Gasteiger partial charge in [-0.3, -0.25) is 9.11 Å². The minimum absolute atomic E-state index is 0.190. The third kappa shape index (κ3) is 3.50. The monoisotopic (exact) mass is 361 g/mol. The Bertz CT molecular complexity index is 881. The van der Waals surface area contributed by atoms with Crippen molar-refractivity contribution in [3.63, 3.8) is 0 Å². The Morgan fingerprint density at radius 2 is 1.33 bits per heavy atom. The highest BCUT2D eigenvalue weighted by atomic mass is 32.2. The lowest BCUT2D eigenvalue weighted by Gasteiger charge is -2.13. The molecule has 1 unspecified atom stereocenters. The number of hydrogen-bond donors (Lipinski definition) is 4. The van der Waals surface area contributed by atoms with Gasteiger partial charge in [0, 0.05) is 0 Å². The van der Waals surface area contributed by atoms with E-state index < -0.39 is 55.9 Å². The third-order valence-corrected chi connectivity index (χ3v) is 6.17. The van der Waals surface area contributed by atoms with Crippen LogP contribution in [0.5, 0.6) is 0 Å². The van der Waals surface area contributed by atoms with Gasteiger partial charge in [-0.2, -0.15) is 16.8 Å². The lowest BCUT2D eigenvalue weighted by molar-refractivity contribution is 0.268. The molecule has 0 heterocycles. The molecule has 10 nitrogen and oxygen atoms in total. The third-order valence-electron chi connectivity index (χ3n) is 2.39. The Balaban J connectivity index is 3.99. The molecule has 0 amide bonds. The summed E-state index contributed by atoms with van der Waals surface area (Å²) in [5.41, 5.74) is 2.43. The number of nitrogen functional groups attached to an aromatic ring is 1. The Hall–Kier alpha value is -1.25. The van der Waals surface area contributed by atoms with Crippen LogP contribution in [-0.4, -0.2) is 44.9 Å². The number of benzene rings is 1. The average Bonchev–Trinajstić information content (AvgIpc) is 2.24. The van der Waals surface area contributed by atoms with Crippen LogP contribution in [-0.2, 0) is 30.1 Å². The lowest BCUT2D eigenvalue weighted by atomic mass is 10.3. The largest absolute Gasteiger partial charge is 0.398 e. The van der Waals surface area contributed by atoms with Crippen molar-refractivity contribution in [3.8, 4) is 0 Å². The molecular weight excluding hydrogens is 350 g/mol. The van der Waals surface area contributed by atoms with Crippen molar-refractivity contribution in [2.24, 2.45) is 0 Å². The van der Waals surface area contributed by atoms with Crippen LogP contribution < -0.4 is 5.73 Å². The van der Waals surface area contributed by atoms with Gasteiger partial charge in [0.05, 0.1) is 10.6 Å². The molecule has 0 saturated heterocycles. The number of sulfone groups is 1. The van der Waals surface area contributed by atoms with Crippen LogP contribution in [0.4, 0.5) is 5.69 Å². The van der Waals surface area contributed by atoms with Gasteiger partial charge in [-0.05, 0) is 19.1 Å². The normalized spacial score (nSPS) is 14.9. The van der Waals surface area contributed by atoms with Crippen LogP contribution in [0, 0.1) is 0 Å². The van der Waals surface area contributed by atoms with Crippen LogP contribution in [0.3, 0.4) is 0 Å². The fourth-order valence-electron chi connectivity index (χ4n) is 1.39. The molecule has 5 N–H and O–H groups in total. The van der Waals surface area contributed by atoms with Crippen molar-refractivity contribution < 1.29 is 39.5 Å². The molecule has 0 aliphatic rings. The Morgan fingerprint density at radius 1 is 0.905 bits per heavy atom. The number of rotatable bonds is 4. The van der Waals surface area contributed by atoms with Gasteiger partial charge in [0.2, 0.25) is 9.84 Å². The van der Waals surface area contributed by atoms with Gasteiger partial charge in [0.1, 0.15) is 9.79 Å². The van der Waals surface area contributed by atoms with E-state index in [0.29, 0.717) is 6.07 Å². The zero-order chi connectivity index (χ0) is 16.8. The van der Waals surface area contributed by atoms with Crippen molar-refractivity contribution in [3.05, 3.63) is 12.1 Å². The first-order valence-electron chi connectivity index (χ1n) is 4.99. The lowest BCUT2D eigenvalue weighted by Crippen LogP contribution is -2.21. The first-order chi connectivity index (χ1) is 9.19. The van der Waals surface area contributed by atoms with Gasteiger partial charge in [0.15, 0.2) is 5.44 Å². The summed E-state index contributed by atoms with van der Waals surface area (Å²) in [6, 6.07) is 0.601. The molecule has 120 valence electrons. The summed E-state index contributed by atoms with van der Waals surface area (Å²) in [7, 11) is -14.7. The highest BCUT2D eigenvalue weighted by molar-refractivity contribution is 7.93. The maximum absolute atomic E-state index is 11.8. The van der Waals surface area contributed by atoms with Crippen LogP contribution in [0.1, 0.15) is 6.92 Å². The predicted molar refractivity (Wildman–Crippen MR) is 69.4 cm³/mol. The first kappa shape index (κ1) is 17.8. The van der Waals surface area contributed by atoms with E-state index in [2.05, 4.69) is 0 Å². The van der Waals surface area contributed by atoms with E-state index in [-0.39, 0.29) is 6.07 Å². The zero-order valence-electron chi connectivity index (χ0n) is 10.3. The summed E-state index contributed by atoms with van der Waals surface area (Å²) in [6.07, 6.45) is 0. The second-order valence-corrected chi connectivity index (χ2v) is 8.92. The molecule has 0 aliphatic carbocycles. The number of anilines is 1. The minimum atomic E-state index is -5.17. The van der Waals surface area contributed by atoms with E-state index in [1.165, 1.54) is 0 Å². The van der Waals surface area contributed by atoms with Crippen molar-refractivity contribution >= 4 is 35.8 Å². The van der Waals surface area contributed by atoms with Gasteiger partial charge in [-0.25, -0.2) is 8.42 Å². The Kier molecular flexibility index (Phi) is 4.40. The van der Waals surface area contributed by atoms with Crippen LogP contribution in [0.15, 0.2) is 26.8 Å². The van der Waals surface area contributed by atoms with Crippen LogP contribution in [0.2, 0.25) is 0 Å². The van der Waals surface area contributed by atoms with Gasteiger partial charge in [0.25, 0.3) is 20.2 Å². The molecular formula is C8H11NO9S3. The maximum atomic E-state index is 11.8. The quantitative estimate of drug-likeness (QED) is 0.377. The molecule has 1 aromatic carbocycles. The average molecular weight is 361 g/mol. The molecule has 1 aromatic rings. The molecule has 0 bridgehead atoms. The first-order valence-corrected chi connectivity index (χ1v) is 9.42. The fourth-order valence-corrected chi connectivity index (χ4v) is 4.33. The predicted octanol–water partition coefficient (Wildman–Crippen LogP) is -1.13. The molecule has 0 fully saturated rings. The molecule has 0 saturated carbocycles. The summed E-state index contributed by atoms with van der Waals surface area (Å²) >= 11 is 0. The van der Waals surface area contributed by atoms with Crippen LogP contribution in [0.25, 0.3) is 0 Å². The Labute approximate surface area is 120 Å². The SMILES string of the molecule is CC(O)S(=O)(=O)c1cc(N)c(S(=O)(=O)O)cc1S(=O)(=O)O. The van der Waals surface area contributed by atoms with E-state index in [9.17, 15) is 30.4 Å². The maximum Gasteiger partial charge on any atom is 0.296 e. The van der Waals surface area contributed by atoms with Gasteiger partial charge in [-0.15, -0.1) is 0 Å². The smallest absolute Gasteiger partial charge is 0.296 e. The van der Waals surface area contributed by atoms with Crippen LogP contribution >= 0.6 is 0 Å². The summed E-state index contributed by atoms with van der Waals surface area (Å²) in [6.45, 7) is 0.815. The van der Waals surface area contributed by atoms with Crippen molar-refractivity contribution in [1.29, 1.82) is 0 Å². The highest BCUT2D eigenvalue weighted by Gasteiger charge is 2.32. The standard InChI is InChI=1S/C8H11NO9S3/c1-4(10)19(11,12)7-2-5(9)6(20(13,14)15)3-8(7)21(16,17)18/h2-4,10H,9H2,1H3,(H,13,14,15)(H,16,17,18). The zero-order valence-corrected chi connectivity index (χ0v) is 12.8. The molecule has 0 aromatic heterocycles. The number of hydrogen-bond acceptors (Lipinski definition) is 8. The van der Waals surface area contributed by atoms with Crippen molar-refractivity contribution in [2.45, 2.75) is 27.0 Å². The topological polar surface area (TPSA) is 189 Å². The Morgan fingerprint density at radius 3 is 1.67 bits per heavy atom. The van der Waals surface area contributed by atoms with E-state index in [1.54, 1.807) is 0 Å². The number of aliphatic hydroxyl groups excluding tert-OH is 1. The van der Waals surface area contributed by atoms with Crippen molar-refractivity contribution in [2.75, 3.05) is 5.73 Å². The molecule has 1 rings (SSSR count). The summed E-state index contributed by atoms with van der Waals surface area (Å²) in [5, 5.41) is 9.17. The molecule has 0 radical (unpaired) electrons. The minimum Gasteiger partial charge on any atom is -0.398 e. The summed E-state index contributed by atoms with van der Waals surface area (Å²) in [5.74, 6) is 0. The summed E-state index contributed by atoms with van der Waals surface area (Å²) < 4.78 is 86.0. The van der Waals surface area contributed by atoms with E-state index in [4.69, 9.17) is 14.8 Å². The highest BCUT2D eigenvalue weighted by Crippen LogP contribution is 2.31. The van der Waals surface area contributed by atoms with Gasteiger partial charge in [-0.1, -0.05) is 0 Å². The van der Waals surface area contributed by atoms with E-state index in [0.717, 1.165) is 6.92 Å². The molecule has 21 heavy (non-hydrogen) atoms. The number of nitrogens with two attached hydrogens (primary N) is 1. The fraction of sp³-hybridized carbons (Fsp3) is 0.250. The molecule has 0 spiro atoms. The van der Waals surface area contributed by atoms with E-state index >= 15 is 0 Å².